The molecule has 0 saturated carbocycles. The monoisotopic (exact) mass is 383 g/mol. The number of rotatable bonds is 6. The largest absolute Gasteiger partial charge is 0.462 e. The molecule has 1 aromatic carbocycles. The van der Waals surface area contributed by atoms with Crippen LogP contribution in [0.25, 0.3) is 11.1 Å². The van der Waals surface area contributed by atoms with Crippen molar-refractivity contribution < 1.29 is 18.7 Å². The van der Waals surface area contributed by atoms with Gasteiger partial charge in [-0.1, -0.05) is 30.3 Å². The first-order valence-corrected chi connectivity index (χ1v) is 8.86. The van der Waals surface area contributed by atoms with Crippen LogP contribution in [0.3, 0.4) is 0 Å². The Morgan fingerprint density at radius 2 is 1.96 bits per heavy atom. The molecule has 8 nitrogen and oxygen atoms in total. The number of hydrogen-bond donors (Lipinski definition) is 0. The van der Waals surface area contributed by atoms with Gasteiger partial charge in [0.2, 0.25) is 11.6 Å². The van der Waals surface area contributed by atoms with E-state index in [4.69, 9.17) is 9.15 Å². The van der Waals surface area contributed by atoms with Gasteiger partial charge in [-0.15, -0.1) is 0 Å². The van der Waals surface area contributed by atoms with Crippen LogP contribution in [-0.4, -0.2) is 40.0 Å². The first-order valence-electron chi connectivity index (χ1n) is 8.86. The molecule has 0 fully saturated rings. The van der Waals surface area contributed by atoms with Crippen molar-refractivity contribution in [2.75, 3.05) is 13.7 Å². The number of amides is 1. The van der Waals surface area contributed by atoms with Crippen molar-refractivity contribution in [3.63, 3.8) is 0 Å². The number of carbonyl (C=O) groups excluding carboxylic acids is 2. The maximum Gasteiger partial charge on any atom is 0.342 e. The number of carbonyl (C=O) groups is 2. The summed E-state index contributed by atoms with van der Waals surface area (Å²) in [6, 6.07) is 9.54. The summed E-state index contributed by atoms with van der Waals surface area (Å²) in [4.78, 5) is 43.2. The molecule has 0 spiro atoms. The normalized spacial score (nSPS) is 10.8. The Morgan fingerprint density at radius 1 is 1.25 bits per heavy atom. The Kier molecular flexibility index (Phi) is 5.58. The zero-order chi connectivity index (χ0) is 20.3. The molecule has 28 heavy (non-hydrogen) atoms. The minimum absolute atomic E-state index is 0.0250. The van der Waals surface area contributed by atoms with Crippen molar-refractivity contribution in [1.82, 2.24) is 14.5 Å². The second-order valence-corrected chi connectivity index (χ2v) is 6.35. The highest BCUT2D eigenvalue weighted by molar-refractivity contribution is 6.03. The number of aromatic nitrogens is 2. The van der Waals surface area contributed by atoms with Crippen molar-refractivity contribution in [2.24, 2.45) is 0 Å². The predicted octanol–water partition coefficient (Wildman–Crippen LogP) is 2.13. The SMILES string of the molecule is CCOC(=O)c1c(C)oc2ncn(CC(=O)N(C)Cc3ccccc3)c(=O)c12. The maximum absolute atomic E-state index is 12.9. The highest BCUT2D eigenvalue weighted by atomic mass is 16.5. The maximum atomic E-state index is 12.9. The Hall–Kier alpha value is -3.42. The average Bonchev–Trinajstić information content (AvgIpc) is 3.01. The van der Waals surface area contributed by atoms with Crippen LogP contribution in [-0.2, 0) is 22.6 Å². The van der Waals surface area contributed by atoms with E-state index in [1.54, 1.807) is 20.9 Å². The third-order valence-electron chi connectivity index (χ3n) is 4.33. The van der Waals surface area contributed by atoms with Gasteiger partial charge in [-0.2, -0.15) is 0 Å². The third-order valence-corrected chi connectivity index (χ3v) is 4.33. The highest BCUT2D eigenvalue weighted by Gasteiger charge is 2.24. The van der Waals surface area contributed by atoms with Crippen molar-refractivity contribution >= 4 is 23.0 Å². The fourth-order valence-electron chi connectivity index (χ4n) is 2.91. The smallest absolute Gasteiger partial charge is 0.342 e. The van der Waals surface area contributed by atoms with E-state index < -0.39 is 11.5 Å². The van der Waals surface area contributed by atoms with Crippen LogP contribution in [0.5, 0.6) is 0 Å². The third kappa shape index (κ3) is 3.80. The molecule has 3 aromatic rings. The molecule has 0 aliphatic carbocycles. The van der Waals surface area contributed by atoms with Gasteiger partial charge in [-0.25, -0.2) is 9.78 Å². The number of fused-ring (bicyclic) bond motifs is 1. The van der Waals surface area contributed by atoms with Crippen LogP contribution >= 0.6 is 0 Å². The molecule has 2 aromatic heterocycles. The van der Waals surface area contributed by atoms with Crippen LogP contribution in [0.2, 0.25) is 0 Å². The minimum Gasteiger partial charge on any atom is -0.462 e. The van der Waals surface area contributed by atoms with Crippen LogP contribution in [0.4, 0.5) is 0 Å². The van der Waals surface area contributed by atoms with Gasteiger partial charge < -0.3 is 14.1 Å². The van der Waals surface area contributed by atoms with Gasteiger partial charge >= 0.3 is 5.97 Å². The highest BCUT2D eigenvalue weighted by Crippen LogP contribution is 2.21. The molecule has 0 unspecified atom stereocenters. The van der Waals surface area contributed by atoms with E-state index in [0.717, 1.165) is 5.56 Å². The van der Waals surface area contributed by atoms with Crippen LogP contribution in [0.1, 0.15) is 28.6 Å². The number of hydrogen-bond acceptors (Lipinski definition) is 6. The van der Waals surface area contributed by atoms with E-state index in [2.05, 4.69) is 4.98 Å². The molecule has 3 rings (SSSR count). The molecule has 2 heterocycles. The Labute approximate surface area is 161 Å². The van der Waals surface area contributed by atoms with Crippen molar-refractivity contribution in [3.05, 3.63) is 63.9 Å². The molecule has 0 radical (unpaired) electrons. The van der Waals surface area contributed by atoms with Gasteiger partial charge in [0.05, 0.1) is 6.61 Å². The summed E-state index contributed by atoms with van der Waals surface area (Å²) in [6.45, 7) is 3.63. The first-order chi connectivity index (χ1) is 13.4. The summed E-state index contributed by atoms with van der Waals surface area (Å²) < 4.78 is 11.6. The number of ether oxygens (including phenoxy) is 1. The molecule has 146 valence electrons. The Balaban J connectivity index is 1.88. The molecule has 0 N–H and O–H groups in total. The van der Waals surface area contributed by atoms with Gasteiger partial charge in [-0.3, -0.25) is 14.2 Å². The summed E-state index contributed by atoms with van der Waals surface area (Å²) in [5.74, 6) is -0.656. The lowest BCUT2D eigenvalue weighted by atomic mass is 10.2. The zero-order valence-electron chi connectivity index (χ0n) is 16.0. The quantitative estimate of drug-likeness (QED) is 0.605. The molecular formula is C20H21N3O5. The zero-order valence-corrected chi connectivity index (χ0v) is 16.0. The molecule has 0 aliphatic heterocycles. The number of benzene rings is 1. The second kappa shape index (κ2) is 8.08. The van der Waals surface area contributed by atoms with Crippen LogP contribution in [0, 0.1) is 6.92 Å². The predicted molar refractivity (Wildman–Crippen MR) is 102 cm³/mol. The number of nitrogens with zero attached hydrogens (tertiary/aromatic N) is 3. The van der Waals surface area contributed by atoms with Gasteiger partial charge in [0.15, 0.2) is 0 Å². The molecule has 0 aliphatic rings. The van der Waals surface area contributed by atoms with E-state index in [0.29, 0.717) is 6.54 Å². The molecule has 0 bridgehead atoms. The standard InChI is InChI=1S/C20H21N3O5/c1-4-27-20(26)16-13(2)28-18-17(16)19(25)23(12-21-18)11-15(24)22(3)10-14-8-6-5-7-9-14/h5-9,12H,4,10-11H2,1-3H3. The fourth-order valence-corrected chi connectivity index (χ4v) is 2.91. The average molecular weight is 383 g/mol. The van der Waals surface area contributed by atoms with E-state index in [9.17, 15) is 14.4 Å². The Bertz CT molecular complexity index is 1070. The van der Waals surface area contributed by atoms with Gasteiger partial charge in [0.25, 0.3) is 5.56 Å². The van der Waals surface area contributed by atoms with Gasteiger partial charge in [0.1, 0.15) is 29.6 Å². The Morgan fingerprint density at radius 3 is 2.64 bits per heavy atom. The molecule has 0 atom stereocenters. The second-order valence-electron chi connectivity index (χ2n) is 6.35. The summed E-state index contributed by atoms with van der Waals surface area (Å²) in [5.41, 5.74) is 0.557. The van der Waals surface area contributed by atoms with Crippen molar-refractivity contribution in [1.29, 1.82) is 0 Å². The summed E-state index contributed by atoms with van der Waals surface area (Å²) in [6.07, 6.45) is 1.25. The minimum atomic E-state index is -0.650. The van der Waals surface area contributed by atoms with Crippen molar-refractivity contribution in [2.45, 2.75) is 26.9 Å². The van der Waals surface area contributed by atoms with E-state index in [1.807, 2.05) is 30.3 Å². The number of esters is 1. The number of likely N-dealkylation sites (N-methyl/N-ethyl adjacent to an activating group) is 1. The molecule has 1 amide bonds. The lowest BCUT2D eigenvalue weighted by Crippen LogP contribution is -2.34. The lowest BCUT2D eigenvalue weighted by molar-refractivity contribution is -0.131. The lowest BCUT2D eigenvalue weighted by Gasteiger charge is -2.17. The summed E-state index contributed by atoms with van der Waals surface area (Å²) >= 11 is 0. The van der Waals surface area contributed by atoms with Crippen LogP contribution < -0.4 is 5.56 Å². The topological polar surface area (TPSA) is 94.6 Å². The van der Waals surface area contributed by atoms with Gasteiger partial charge in [-0.05, 0) is 19.4 Å². The molecule has 0 saturated heterocycles. The number of furan rings is 1. The van der Waals surface area contributed by atoms with Gasteiger partial charge in [0, 0.05) is 13.6 Å². The van der Waals surface area contributed by atoms with Crippen molar-refractivity contribution in [3.8, 4) is 0 Å². The van der Waals surface area contributed by atoms with E-state index in [1.165, 1.54) is 15.8 Å². The molecule has 8 heteroatoms. The first kappa shape index (κ1) is 19.3. The number of aryl methyl sites for hydroxylation is 1. The molecular weight excluding hydrogens is 362 g/mol. The van der Waals surface area contributed by atoms with Crippen LogP contribution in [0.15, 0.2) is 45.9 Å². The summed E-state index contributed by atoms with van der Waals surface area (Å²) in [7, 11) is 1.67. The fraction of sp³-hybridized carbons (Fsp3) is 0.300. The van der Waals surface area contributed by atoms with E-state index in [-0.39, 0.29) is 41.5 Å². The summed E-state index contributed by atoms with van der Waals surface area (Å²) in [5, 5.41) is 0.0250. The van der Waals surface area contributed by atoms with E-state index >= 15 is 0 Å².